The molecule has 186 valence electrons. The molecule has 0 bridgehead atoms. The van der Waals surface area contributed by atoms with E-state index in [2.05, 4.69) is 0 Å². The first kappa shape index (κ1) is 25.6. The molecule has 4 rings (SSSR count). The molecular weight excluding hydrogens is 462 g/mol. The second kappa shape index (κ2) is 13.0. The van der Waals surface area contributed by atoms with Crippen LogP contribution in [-0.2, 0) is 25.7 Å². The number of hydrogen-bond acceptors (Lipinski definition) is 5. The van der Waals surface area contributed by atoms with Gasteiger partial charge >= 0.3 is 11.9 Å². The number of ether oxygens (including phenoxy) is 2. The number of carbonyl (C=O) groups excluding carboxylic acids is 2. The van der Waals surface area contributed by atoms with E-state index in [0.29, 0.717) is 5.71 Å². The average Bonchev–Trinajstić information content (AvgIpc) is 2.97. The molecule has 5 heteroatoms. The third-order valence-electron chi connectivity index (χ3n) is 6.04. The molecule has 4 aromatic rings. The van der Waals surface area contributed by atoms with Crippen molar-refractivity contribution in [3.63, 3.8) is 0 Å². The highest BCUT2D eigenvalue weighted by molar-refractivity contribution is 6.13. The second-order valence-electron chi connectivity index (χ2n) is 8.55. The van der Waals surface area contributed by atoms with E-state index < -0.39 is 23.9 Å². The number of aliphatic imine (C=N–C) groups is 1. The maximum Gasteiger partial charge on any atom is 0.331 e. The van der Waals surface area contributed by atoms with E-state index in [9.17, 15) is 9.59 Å². The van der Waals surface area contributed by atoms with Gasteiger partial charge in [0.1, 0.15) is 6.61 Å². The summed E-state index contributed by atoms with van der Waals surface area (Å²) in [6.45, 7) is 0.159. The predicted molar refractivity (Wildman–Crippen MR) is 144 cm³/mol. The molecule has 0 saturated heterocycles. The van der Waals surface area contributed by atoms with Gasteiger partial charge in [-0.2, -0.15) is 0 Å². The van der Waals surface area contributed by atoms with E-state index in [0.717, 1.165) is 22.3 Å². The lowest BCUT2D eigenvalue weighted by Gasteiger charge is -2.24. The van der Waals surface area contributed by atoms with Gasteiger partial charge in [-0.25, -0.2) is 4.79 Å². The molecule has 0 aliphatic carbocycles. The van der Waals surface area contributed by atoms with Crippen LogP contribution in [0.4, 0.5) is 0 Å². The van der Waals surface area contributed by atoms with E-state index >= 15 is 0 Å². The van der Waals surface area contributed by atoms with Crippen molar-refractivity contribution in [3.8, 4) is 0 Å². The highest BCUT2D eigenvalue weighted by Gasteiger charge is 2.33. The maximum absolute atomic E-state index is 13.2. The summed E-state index contributed by atoms with van der Waals surface area (Å²) in [7, 11) is 1.34. The Morgan fingerprint density at radius 3 is 1.70 bits per heavy atom. The molecule has 0 saturated carbocycles. The Morgan fingerprint density at radius 2 is 1.19 bits per heavy atom. The summed E-state index contributed by atoms with van der Waals surface area (Å²) in [6, 6.07) is 37.3. The first-order valence-electron chi connectivity index (χ1n) is 12.2. The van der Waals surface area contributed by atoms with Crippen LogP contribution >= 0.6 is 0 Å². The van der Waals surface area contributed by atoms with E-state index in [1.165, 1.54) is 7.11 Å². The Bertz CT molecular complexity index is 1260. The first-order valence-corrected chi connectivity index (χ1v) is 12.2. The molecule has 0 aromatic heterocycles. The molecule has 2 atom stereocenters. The van der Waals surface area contributed by atoms with Crippen molar-refractivity contribution in [3.05, 3.63) is 144 Å². The third-order valence-corrected chi connectivity index (χ3v) is 6.04. The standard InChI is InChI=1S/C32H29NO4/c1-36-32(35)31(33-30(26-18-10-4-11-19-26)27-20-12-5-13-21-27)28(25-16-8-3-9-17-25)22-29(34)37-23-24-14-6-2-7-15-24/h2-21,28,31H,22-23H2,1H3. The van der Waals surface area contributed by atoms with Crippen LogP contribution in [0.2, 0.25) is 0 Å². The van der Waals surface area contributed by atoms with Gasteiger partial charge in [0.25, 0.3) is 0 Å². The topological polar surface area (TPSA) is 65.0 Å². The molecule has 0 fully saturated rings. The van der Waals surface area contributed by atoms with Gasteiger partial charge in [-0.15, -0.1) is 0 Å². The Kier molecular flexibility index (Phi) is 8.97. The zero-order valence-corrected chi connectivity index (χ0v) is 20.7. The van der Waals surface area contributed by atoms with Gasteiger partial charge in [-0.3, -0.25) is 9.79 Å². The van der Waals surface area contributed by atoms with Crippen molar-refractivity contribution in [2.75, 3.05) is 7.11 Å². The first-order chi connectivity index (χ1) is 18.2. The summed E-state index contributed by atoms with van der Waals surface area (Å²) in [5.74, 6) is -1.52. The van der Waals surface area contributed by atoms with Crippen LogP contribution in [0.25, 0.3) is 0 Å². The molecule has 0 aliphatic rings. The Balaban J connectivity index is 1.72. The van der Waals surface area contributed by atoms with Gasteiger partial charge in [0, 0.05) is 17.0 Å². The van der Waals surface area contributed by atoms with Crippen molar-refractivity contribution < 1.29 is 19.1 Å². The van der Waals surface area contributed by atoms with Crippen LogP contribution in [0.15, 0.2) is 126 Å². The van der Waals surface area contributed by atoms with Crippen molar-refractivity contribution >= 4 is 17.7 Å². The maximum atomic E-state index is 13.2. The Labute approximate surface area is 217 Å². The highest BCUT2D eigenvalue weighted by atomic mass is 16.5. The molecule has 0 amide bonds. The van der Waals surface area contributed by atoms with Crippen LogP contribution in [0.1, 0.15) is 34.6 Å². The summed E-state index contributed by atoms with van der Waals surface area (Å²) in [5.41, 5.74) is 4.07. The highest BCUT2D eigenvalue weighted by Crippen LogP contribution is 2.29. The number of carbonyl (C=O) groups is 2. The van der Waals surface area contributed by atoms with Crippen LogP contribution in [0.5, 0.6) is 0 Å². The molecule has 37 heavy (non-hydrogen) atoms. The zero-order valence-electron chi connectivity index (χ0n) is 20.7. The van der Waals surface area contributed by atoms with Crippen molar-refractivity contribution in [1.82, 2.24) is 0 Å². The number of esters is 2. The summed E-state index contributed by atoms with van der Waals surface area (Å²) < 4.78 is 10.8. The normalized spacial score (nSPS) is 12.1. The Morgan fingerprint density at radius 1 is 0.703 bits per heavy atom. The number of methoxy groups -OCH3 is 1. The fourth-order valence-electron chi connectivity index (χ4n) is 4.16. The minimum absolute atomic E-state index is 0.0308. The Hall–Kier alpha value is -4.51. The monoisotopic (exact) mass is 491 g/mol. The van der Waals surface area contributed by atoms with E-state index in [1.54, 1.807) is 0 Å². The van der Waals surface area contributed by atoms with Crippen LogP contribution in [-0.4, -0.2) is 30.8 Å². The number of nitrogens with zero attached hydrogens (tertiary/aromatic N) is 1. The van der Waals surface area contributed by atoms with Crippen molar-refractivity contribution in [1.29, 1.82) is 0 Å². The van der Waals surface area contributed by atoms with Crippen molar-refractivity contribution in [2.24, 2.45) is 4.99 Å². The zero-order chi connectivity index (χ0) is 25.9. The average molecular weight is 492 g/mol. The summed E-state index contributed by atoms with van der Waals surface area (Å²) >= 11 is 0. The minimum Gasteiger partial charge on any atom is -0.467 e. The summed E-state index contributed by atoms with van der Waals surface area (Å²) in [6.07, 6.45) is -0.0308. The third kappa shape index (κ3) is 7.01. The molecule has 0 aliphatic heterocycles. The molecule has 0 N–H and O–H groups in total. The smallest absolute Gasteiger partial charge is 0.331 e. The van der Waals surface area contributed by atoms with Crippen molar-refractivity contribution in [2.45, 2.75) is 25.0 Å². The van der Waals surface area contributed by atoms with Gasteiger partial charge in [-0.05, 0) is 11.1 Å². The second-order valence-corrected chi connectivity index (χ2v) is 8.55. The van der Waals surface area contributed by atoms with E-state index in [1.807, 2.05) is 121 Å². The molecule has 0 heterocycles. The van der Waals surface area contributed by atoms with Crippen LogP contribution < -0.4 is 0 Å². The summed E-state index contributed by atoms with van der Waals surface area (Å²) in [5, 5.41) is 0. The quantitative estimate of drug-likeness (QED) is 0.202. The lowest BCUT2D eigenvalue weighted by atomic mass is 9.88. The van der Waals surface area contributed by atoms with Gasteiger partial charge in [0.2, 0.25) is 0 Å². The largest absolute Gasteiger partial charge is 0.467 e. The van der Waals surface area contributed by atoms with Gasteiger partial charge < -0.3 is 9.47 Å². The molecule has 2 unspecified atom stereocenters. The molecular formula is C32H29NO4. The van der Waals surface area contributed by atoms with Crippen LogP contribution in [0.3, 0.4) is 0 Å². The van der Waals surface area contributed by atoms with Crippen LogP contribution in [0, 0.1) is 0 Å². The number of benzene rings is 4. The van der Waals surface area contributed by atoms with Gasteiger partial charge in [-0.1, -0.05) is 121 Å². The minimum atomic E-state index is -0.966. The van der Waals surface area contributed by atoms with Gasteiger partial charge in [0.15, 0.2) is 6.04 Å². The summed E-state index contributed by atoms with van der Waals surface area (Å²) in [4.78, 5) is 31.2. The lowest BCUT2D eigenvalue weighted by Crippen LogP contribution is -2.31. The molecule has 0 spiro atoms. The molecule has 4 aromatic carbocycles. The lowest BCUT2D eigenvalue weighted by molar-refractivity contribution is -0.146. The van der Waals surface area contributed by atoms with E-state index in [-0.39, 0.29) is 13.0 Å². The van der Waals surface area contributed by atoms with E-state index in [4.69, 9.17) is 14.5 Å². The number of hydrogen-bond donors (Lipinski definition) is 0. The fourth-order valence-corrected chi connectivity index (χ4v) is 4.16. The molecule has 5 nitrogen and oxygen atoms in total. The predicted octanol–water partition coefficient (Wildman–Crippen LogP) is 5.98. The number of rotatable bonds is 10. The fraction of sp³-hybridized carbons (Fsp3) is 0.156. The SMILES string of the molecule is COC(=O)C(N=C(c1ccccc1)c1ccccc1)C(CC(=O)OCc1ccccc1)c1ccccc1. The molecule has 0 radical (unpaired) electrons. The van der Waals surface area contributed by atoms with Gasteiger partial charge in [0.05, 0.1) is 19.2 Å².